The lowest BCUT2D eigenvalue weighted by atomic mass is 10.1. The zero-order chi connectivity index (χ0) is 14.6. The summed E-state index contributed by atoms with van der Waals surface area (Å²) in [5, 5.41) is 2.85. The third kappa shape index (κ3) is 4.12. The lowest BCUT2D eigenvalue weighted by Gasteiger charge is -2.21. The van der Waals surface area contributed by atoms with Crippen LogP contribution in [0.15, 0.2) is 54.6 Å². The monoisotopic (exact) mass is 269 g/mol. The highest BCUT2D eigenvalue weighted by molar-refractivity contribution is 6.04. The van der Waals surface area contributed by atoms with E-state index in [1.54, 1.807) is 12.1 Å². The molecule has 3 nitrogen and oxygen atoms in total. The van der Waals surface area contributed by atoms with Crippen molar-refractivity contribution in [3.63, 3.8) is 0 Å². The molecule has 0 saturated heterocycles. The fourth-order valence-electron chi connectivity index (χ4n) is 1.75. The number of carbonyl (C=O) groups excluding carboxylic acids is 1. The number of anilines is 1. The average Bonchev–Trinajstić information content (AvgIpc) is 2.39. The third-order valence-electron chi connectivity index (χ3n) is 2.57. The molecule has 0 unspecified atom stereocenters. The van der Waals surface area contributed by atoms with Crippen molar-refractivity contribution in [1.29, 1.82) is 0 Å². The summed E-state index contributed by atoms with van der Waals surface area (Å²) in [6, 6.07) is 16.5. The largest absolute Gasteiger partial charge is 0.488 e. The van der Waals surface area contributed by atoms with Crippen LogP contribution >= 0.6 is 0 Å². The highest BCUT2D eigenvalue weighted by Gasteiger charge is 2.12. The molecule has 2 rings (SSSR count). The first-order valence-corrected chi connectivity index (χ1v) is 6.59. The van der Waals surface area contributed by atoms with Gasteiger partial charge in [-0.3, -0.25) is 4.79 Å². The molecule has 1 N–H and O–H groups in total. The van der Waals surface area contributed by atoms with Gasteiger partial charge in [-0.2, -0.15) is 0 Å². The van der Waals surface area contributed by atoms with Crippen molar-refractivity contribution < 1.29 is 9.53 Å². The second-order valence-corrected chi connectivity index (χ2v) is 5.56. The van der Waals surface area contributed by atoms with Crippen molar-refractivity contribution in [2.45, 2.75) is 26.4 Å². The quantitative estimate of drug-likeness (QED) is 0.910. The number of carbonyl (C=O) groups is 1. The molecule has 0 aliphatic rings. The molecule has 20 heavy (non-hydrogen) atoms. The Kier molecular flexibility index (Phi) is 4.08. The van der Waals surface area contributed by atoms with Crippen LogP contribution in [0.5, 0.6) is 5.75 Å². The molecule has 0 atom stereocenters. The Morgan fingerprint density at radius 2 is 1.55 bits per heavy atom. The van der Waals surface area contributed by atoms with Gasteiger partial charge in [0.15, 0.2) is 0 Å². The van der Waals surface area contributed by atoms with Gasteiger partial charge in [0.25, 0.3) is 5.91 Å². The number of benzene rings is 2. The van der Waals surface area contributed by atoms with Crippen LogP contribution in [0.3, 0.4) is 0 Å². The summed E-state index contributed by atoms with van der Waals surface area (Å²) in [6.45, 7) is 5.97. The van der Waals surface area contributed by atoms with Gasteiger partial charge < -0.3 is 10.1 Å². The molecule has 0 aromatic heterocycles. The normalized spacial score (nSPS) is 10.9. The van der Waals surface area contributed by atoms with E-state index in [1.807, 2.05) is 63.2 Å². The van der Waals surface area contributed by atoms with Gasteiger partial charge in [0.1, 0.15) is 11.4 Å². The Morgan fingerprint density at radius 1 is 0.950 bits per heavy atom. The van der Waals surface area contributed by atoms with Crippen molar-refractivity contribution in [2.24, 2.45) is 0 Å². The molecule has 0 bridgehead atoms. The van der Waals surface area contributed by atoms with Crippen LogP contribution in [0, 0.1) is 0 Å². The number of rotatable bonds is 3. The number of hydrogen-bond donors (Lipinski definition) is 1. The molecular weight excluding hydrogens is 250 g/mol. The number of para-hydroxylation sites is 1. The molecule has 2 aromatic carbocycles. The maximum absolute atomic E-state index is 12.1. The maximum atomic E-state index is 12.1. The van der Waals surface area contributed by atoms with Gasteiger partial charge in [-0.1, -0.05) is 18.2 Å². The molecule has 104 valence electrons. The summed E-state index contributed by atoms with van der Waals surface area (Å²) in [5.41, 5.74) is 1.15. The summed E-state index contributed by atoms with van der Waals surface area (Å²) in [4.78, 5) is 12.1. The lowest BCUT2D eigenvalue weighted by molar-refractivity contribution is 0.102. The SMILES string of the molecule is CC(C)(C)Oc1ccc(C(=O)Nc2ccccc2)cc1. The van der Waals surface area contributed by atoms with Gasteiger partial charge in [0, 0.05) is 11.3 Å². The number of hydrogen-bond acceptors (Lipinski definition) is 2. The van der Waals surface area contributed by atoms with Gasteiger partial charge in [-0.15, -0.1) is 0 Å². The predicted molar refractivity (Wildman–Crippen MR) is 81.2 cm³/mol. The van der Waals surface area contributed by atoms with E-state index in [0.29, 0.717) is 5.56 Å². The molecule has 0 radical (unpaired) electrons. The first kappa shape index (κ1) is 14.1. The highest BCUT2D eigenvalue weighted by Crippen LogP contribution is 2.19. The third-order valence-corrected chi connectivity index (χ3v) is 2.57. The Morgan fingerprint density at radius 3 is 2.10 bits per heavy atom. The van der Waals surface area contributed by atoms with Crippen LogP contribution < -0.4 is 10.1 Å². The smallest absolute Gasteiger partial charge is 0.255 e. The lowest BCUT2D eigenvalue weighted by Crippen LogP contribution is -2.23. The zero-order valence-corrected chi connectivity index (χ0v) is 12.0. The molecule has 3 heteroatoms. The van der Waals surface area contributed by atoms with Crippen molar-refractivity contribution >= 4 is 11.6 Å². The van der Waals surface area contributed by atoms with Gasteiger partial charge in [0.2, 0.25) is 0 Å². The maximum Gasteiger partial charge on any atom is 0.255 e. The first-order valence-electron chi connectivity index (χ1n) is 6.59. The molecule has 2 aromatic rings. The molecule has 0 aliphatic heterocycles. The average molecular weight is 269 g/mol. The number of amides is 1. The highest BCUT2D eigenvalue weighted by atomic mass is 16.5. The fraction of sp³-hybridized carbons (Fsp3) is 0.235. The Hall–Kier alpha value is -2.29. The van der Waals surface area contributed by atoms with Crippen LogP contribution in [0.2, 0.25) is 0 Å². The predicted octanol–water partition coefficient (Wildman–Crippen LogP) is 4.12. The number of nitrogens with one attached hydrogen (secondary N) is 1. The second kappa shape index (κ2) is 5.78. The topological polar surface area (TPSA) is 38.3 Å². The van der Waals surface area contributed by atoms with Crippen LogP contribution in [0.25, 0.3) is 0 Å². The second-order valence-electron chi connectivity index (χ2n) is 5.56. The zero-order valence-electron chi connectivity index (χ0n) is 12.0. The first-order chi connectivity index (χ1) is 9.44. The summed E-state index contributed by atoms with van der Waals surface area (Å²) in [5.74, 6) is 0.632. The van der Waals surface area contributed by atoms with E-state index in [9.17, 15) is 4.79 Å². The van der Waals surface area contributed by atoms with Gasteiger partial charge in [0.05, 0.1) is 0 Å². The standard InChI is InChI=1S/C17H19NO2/c1-17(2,3)20-15-11-9-13(10-12-15)16(19)18-14-7-5-4-6-8-14/h4-12H,1-3H3,(H,18,19). The van der Waals surface area contributed by atoms with Crippen LogP contribution in [-0.2, 0) is 0 Å². The number of ether oxygens (including phenoxy) is 1. The Labute approximate surface area is 119 Å². The van der Waals surface area contributed by atoms with Gasteiger partial charge >= 0.3 is 0 Å². The minimum atomic E-state index is -0.242. The van der Waals surface area contributed by atoms with E-state index in [0.717, 1.165) is 11.4 Å². The Balaban J connectivity index is 2.04. The molecule has 0 heterocycles. The summed E-state index contributed by atoms with van der Waals surface area (Å²) >= 11 is 0. The minimum absolute atomic E-state index is 0.126. The van der Waals surface area contributed by atoms with Crippen molar-refractivity contribution in [2.75, 3.05) is 5.32 Å². The van der Waals surface area contributed by atoms with E-state index >= 15 is 0 Å². The minimum Gasteiger partial charge on any atom is -0.488 e. The molecule has 0 spiro atoms. The van der Waals surface area contributed by atoms with Crippen LogP contribution in [0.1, 0.15) is 31.1 Å². The summed E-state index contributed by atoms with van der Waals surface area (Å²) in [7, 11) is 0. The summed E-state index contributed by atoms with van der Waals surface area (Å²) in [6.07, 6.45) is 0. The molecule has 1 amide bonds. The van der Waals surface area contributed by atoms with Gasteiger partial charge in [-0.25, -0.2) is 0 Å². The van der Waals surface area contributed by atoms with E-state index in [4.69, 9.17) is 4.74 Å². The van der Waals surface area contributed by atoms with Gasteiger partial charge in [-0.05, 0) is 57.2 Å². The van der Waals surface area contributed by atoms with Crippen molar-refractivity contribution in [3.05, 3.63) is 60.2 Å². The molecule has 0 saturated carbocycles. The Bertz CT molecular complexity index is 568. The molecule has 0 fully saturated rings. The molecular formula is C17H19NO2. The van der Waals surface area contributed by atoms with Crippen molar-refractivity contribution in [1.82, 2.24) is 0 Å². The molecule has 0 aliphatic carbocycles. The van der Waals surface area contributed by atoms with Crippen LogP contribution in [0.4, 0.5) is 5.69 Å². The van der Waals surface area contributed by atoms with Crippen molar-refractivity contribution in [3.8, 4) is 5.75 Å². The van der Waals surface area contributed by atoms with E-state index in [2.05, 4.69) is 5.32 Å². The van der Waals surface area contributed by atoms with E-state index < -0.39 is 0 Å². The summed E-state index contributed by atoms with van der Waals surface area (Å²) < 4.78 is 5.72. The van der Waals surface area contributed by atoms with E-state index in [1.165, 1.54) is 0 Å². The fourth-order valence-corrected chi connectivity index (χ4v) is 1.75. The van der Waals surface area contributed by atoms with E-state index in [-0.39, 0.29) is 11.5 Å². The van der Waals surface area contributed by atoms with Crippen LogP contribution in [-0.4, -0.2) is 11.5 Å².